The molecule has 1 aromatic rings. The molecule has 1 saturated heterocycles. The number of nitrogens with one attached hydrogen (secondary N) is 1. The van der Waals surface area contributed by atoms with Crippen LogP contribution in [0.3, 0.4) is 0 Å². The smallest absolute Gasteiger partial charge is 0.314 e. The van der Waals surface area contributed by atoms with E-state index in [0.29, 0.717) is 35.7 Å². The predicted molar refractivity (Wildman–Crippen MR) is 72.4 cm³/mol. The third-order valence-electron chi connectivity index (χ3n) is 3.08. The van der Waals surface area contributed by atoms with Crippen LogP contribution in [0.5, 0.6) is 0 Å². The van der Waals surface area contributed by atoms with Crippen molar-refractivity contribution in [3.8, 4) is 0 Å². The summed E-state index contributed by atoms with van der Waals surface area (Å²) in [5.41, 5.74) is 0.168. The fourth-order valence-corrected chi connectivity index (χ4v) is 2.89. The summed E-state index contributed by atoms with van der Waals surface area (Å²) < 4.78 is 40.6. The molecule has 0 bridgehead atoms. The highest BCUT2D eigenvalue weighted by Crippen LogP contribution is 2.41. The Morgan fingerprint density at radius 2 is 1.89 bits per heavy atom. The van der Waals surface area contributed by atoms with E-state index in [4.69, 9.17) is 11.6 Å². The molecular weight excluding hydrogens is 344 g/mol. The molecule has 0 radical (unpaired) electrons. The molecule has 1 aliphatic heterocycles. The maximum atomic E-state index is 13.4. The Morgan fingerprint density at radius 1 is 1.26 bits per heavy atom. The first-order chi connectivity index (χ1) is 8.89. The minimum atomic E-state index is -4.33. The Morgan fingerprint density at radius 3 is 2.47 bits per heavy atom. The average Bonchev–Trinajstić information content (AvgIpc) is 2.33. The monoisotopic (exact) mass is 356 g/mol. The zero-order valence-corrected chi connectivity index (χ0v) is 12.3. The standard InChI is InChI=1S/C12H13BrClF3N2/c13-10-2-1-8(14)7-9(10)11(12(15,16)17)19-5-3-18-4-6-19/h1-2,7,11,18H,3-6H2/t11-/m0/s1. The van der Waals surface area contributed by atoms with Gasteiger partial charge in [-0.05, 0) is 23.8 Å². The van der Waals surface area contributed by atoms with E-state index in [0.717, 1.165) is 0 Å². The summed E-state index contributed by atoms with van der Waals surface area (Å²) in [6, 6.07) is 2.88. The van der Waals surface area contributed by atoms with Crippen molar-refractivity contribution >= 4 is 27.5 Å². The largest absolute Gasteiger partial charge is 0.408 e. The first-order valence-electron chi connectivity index (χ1n) is 5.86. The van der Waals surface area contributed by atoms with Gasteiger partial charge in [-0.15, -0.1) is 0 Å². The molecule has 1 N–H and O–H groups in total. The van der Waals surface area contributed by atoms with Gasteiger partial charge in [-0.2, -0.15) is 13.2 Å². The van der Waals surface area contributed by atoms with E-state index in [1.54, 1.807) is 12.1 Å². The van der Waals surface area contributed by atoms with E-state index in [1.165, 1.54) is 11.0 Å². The maximum absolute atomic E-state index is 13.4. The molecule has 0 aliphatic carbocycles. The van der Waals surface area contributed by atoms with Gasteiger partial charge in [-0.25, -0.2) is 0 Å². The number of alkyl halides is 3. The van der Waals surface area contributed by atoms with Gasteiger partial charge in [0.1, 0.15) is 6.04 Å². The summed E-state index contributed by atoms with van der Waals surface area (Å²) in [7, 11) is 0. The molecule has 19 heavy (non-hydrogen) atoms. The number of hydrogen-bond acceptors (Lipinski definition) is 2. The molecule has 0 amide bonds. The van der Waals surface area contributed by atoms with Crippen LogP contribution in [0, 0.1) is 0 Å². The van der Waals surface area contributed by atoms with Gasteiger partial charge in [0, 0.05) is 35.7 Å². The second-order valence-electron chi connectivity index (χ2n) is 4.40. The Hall–Kier alpha value is -0.300. The van der Waals surface area contributed by atoms with Crippen molar-refractivity contribution in [2.45, 2.75) is 12.2 Å². The van der Waals surface area contributed by atoms with Crippen molar-refractivity contribution in [1.29, 1.82) is 0 Å². The zero-order valence-electron chi connectivity index (χ0n) is 9.97. The predicted octanol–water partition coefficient (Wildman–Crippen LogP) is 3.61. The summed E-state index contributed by atoms with van der Waals surface area (Å²) in [6.07, 6.45) is -4.33. The lowest BCUT2D eigenvalue weighted by atomic mass is 10.0. The highest BCUT2D eigenvalue weighted by molar-refractivity contribution is 9.10. The van der Waals surface area contributed by atoms with E-state index in [9.17, 15) is 13.2 Å². The lowest BCUT2D eigenvalue weighted by Crippen LogP contribution is -2.49. The van der Waals surface area contributed by atoms with Gasteiger partial charge in [0.2, 0.25) is 0 Å². The number of rotatable bonds is 2. The third-order valence-corrected chi connectivity index (χ3v) is 4.04. The second-order valence-corrected chi connectivity index (χ2v) is 5.69. The lowest BCUT2D eigenvalue weighted by Gasteiger charge is -2.36. The van der Waals surface area contributed by atoms with Gasteiger partial charge in [0.25, 0.3) is 0 Å². The number of nitrogens with zero attached hydrogens (tertiary/aromatic N) is 1. The average molecular weight is 358 g/mol. The summed E-state index contributed by atoms with van der Waals surface area (Å²) in [5.74, 6) is 0. The number of halogens is 5. The molecule has 1 aromatic carbocycles. The topological polar surface area (TPSA) is 15.3 Å². The van der Waals surface area contributed by atoms with Crippen LogP contribution in [-0.2, 0) is 0 Å². The van der Waals surface area contributed by atoms with Crippen LogP contribution in [0.25, 0.3) is 0 Å². The zero-order chi connectivity index (χ0) is 14.0. The van der Waals surface area contributed by atoms with Crippen molar-refractivity contribution in [2.75, 3.05) is 26.2 Å². The number of piperazine rings is 1. The molecule has 106 valence electrons. The minimum absolute atomic E-state index is 0.168. The van der Waals surface area contributed by atoms with Crippen molar-refractivity contribution < 1.29 is 13.2 Å². The molecule has 0 unspecified atom stereocenters. The van der Waals surface area contributed by atoms with E-state index in [1.807, 2.05) is 0 Å². The highest BCUT2D eigenvalue weighted by atomic mass is 79.9. The van der Waals surface area contributed by atoms with Gasteiger partial charge < -0.3 is 5.32 Å². The van der Waals surface area contributed by atoms with Gasteiger partial charge in [-0.3, -0.25) is 4.90 Å². The highest BCUT2D eigenvalue weighted by Gasteiger charge is 2.45. The first kappa shape index (κ1) is 15.1. The molecule has 2 rings (SSSR count). The molecule has 0 saturated carbocycles. The Labute approximate surface area is 123 Å². The van der Waals surface area contributed by atoms with Gasteiger partial charge in [0.15, 0.2) is 0 Å². The van der Waals surface area contributed by atoms with Crippen LogP contribution in [0.15, 0.2) is 22.7 Å². The van der Waals surface area contributed by atoms with Gasteiger partial charge >= 0.3 is 6.18 Å². The van der Waals surface area contributed by atoms with Crippen molar-refractivity contribution in [3.05, 3.63) is 33.3 Å². The van der Waals surface area contributed by atoms with Crippen LogP contribution in [-0.4, -0.2) is 37.3 Å². The Bertz CT molecular complexity index is 447. The van der Waals surface area contributed by atoms with Crippen molar-refractivity contribution in [3.63, 3.8) is 0 Å². The van der Waals surface area contributed by atoms with Crippen LogP contribution >= 0.6 is 27.5 Å². The molecule has 2 nitrogen and oxygen atoms in total. The van der Waals surface area contributed by atoms with Gasteiger partial charge in [0.05, 0.1) is 0 Å². The fourth-order valence-electron chi connectivity index (χ4n) is 2.24. The fraction of sp³-hybridized carbons (Fsp3) is 0.500. The quantitative estimate of drug-likeness (QED) is 0.870. The summed E-state index contributed by atoms with van der Waals surface area (Å²) in [6.45, 7) is 1.85. The molecule has 7 heteroatoms. The van der Waals surface area contributed by atoms with Crippen molar-refractivity contribution in [2.24, 2.45) is 0 Å². The summed E-state index contributed by atoms with van der Waals surface area (Å²) >= 11 is 9.02. The summed E-state index contributed by atoms with van der Waals surface area (Å²) in [5, 5.41) is 3.36. The normalized spacial score (nSPS) is 19.4. The molecule has 1 heterocycles. The molecule has 1 atom stereocenters. The Kier molecular flexibility index (Phi) is 4.76. The van der Waals surface area contributed by atoms with E-state index in [2.05, 4.69) is 21.2 Å². The van der Waals surface area contributed by atoms with Crippen LogP contribution < -0.4 is 5.32 Å². The molecule has 0 aromatic heterocycles. The van der Waals surface area contributed by atoms with Crippen LogP contribution in [0.2, 0.25) is 5.02 Å². The lowest BCUT2D eigenvalue weighted by molar-refractivity contribution is -0.188. The van der Waals surface area contributed by atoms with Crippen LogP contribution in [0.1, 0.15) is 11.6 Å². The van der Waals surface area contributed by atoms with E-state index >= 15 is 0 Å². The molecule has 1 fully saturated rings. The molecule has 0 spiro atoms. The third kappa shape index (κ3) is 3.62. The number of hydrogen-bond donors (Lipinski definition) is 1. The van der Waals surface area contributed by atoms with Gasteiger partial charge in [-0.1, -0.05) is 27.5 Å². The minimum Gasteiger partial charge on any atom is -0.314 e. The number of benzene rings is 1. The van der Waals surface area contributed by atoms with Crippen molar-refractivity contribution in [1.82, 2.24) is 10.2 Å². The Balaban J connectivity index is 2.39. The second kappa shape index (κ2) is 5.99. The first-order valence-corrected chi connectivity index (χ1v) is 7.03. The molecular formula is C12H13BrClF3N2. The van der Waals surface area contributed by atoms with E-state index in [-0.39, 0.29) is 5.56 Å². The SMILES string of the molecule is FC(F)(F)[C@H](c1cc(Cl)ccc1Br)N1CCNCC1. The van der Waals surface area contributed by atoms with Crippen LogP contribution in [0.4, 0.5) is 13.2 Å². The van der Waals surface area contributed by atoms with E-state index < -0.39 is 12.2 Å². The maximum Gasteiger partial charge on any atom is 0.408 e. The summed E-state index contributed by atoms with van der Waals surface area (Å²) in [4.78, 5) is 1.44. The molecule has 1 aliphatic rings.